The molecular weight excluding hydrogens is 455 g/mol. The lowest BCUT2D eigenvalue weighted by molar-refractivity contribution is -0.143. The molecule has 1 N–H and O–H groups in total. The van der Waals surface area contributed by atoms with Crippen LogP contribution in [0.2, 0.25) is 0 Å². The molecule has 0 aliphatic carbocycles. The minimum Gasteiger partial charge on any atom is -0.483 e. The van der Waals surface area contributed by atoms with Gasteiger partial charge in [0.2, 0.25) is 5.91 Å². The highest BCUT2D eigenvalue weighted by Gasteiger charge is 2.31. The minimum atomic E-state index is -0.763. The topological polar surface area (TPSA) is 58.6 Å². The second kappa shape index (κ2) is 12.9. The summed E-state index contributed by atoms with van der Waals surface area (Å²) < 4.78 is 19.5. The molecule has 0 aliphatic rings. The molecule has 36 heavy (non-hydrogen) atoms. The van der Waals surface area contributed by atoms with Gasteiger partial charge >= 0.3 is 0 Å². The molecule has 0 radical (unpaired) electrons. The van der Waals surface area contributed by atoms with Gasteiger partial charge in [0.15, 0.2) is 6.61 Å². The molecule has 0 saturated carbocycles. The number of nitrogens with one attached hydrogen (secondary N) is 1. The van der Waals surface area contributed by atoms with Crippen LogP contribution in [0.4, 0.5) is 4.39 Å². The Morgan fingerprint density at radius 1 is 0.972 bits per heavy atom. The molecule has 2 amide bonds. The van der Waals surface area contributed by atoms with Crippen LogP contribution in [-0.2, 0) is 22.6 Å². The largest absolute Gasteiger partial charge is 0.483 e. The molecule has 0 heterocycles. The Labute approximate surface area is 213 Å². The van der Waals surface area contributed by atoms with Gasteiger partial charge in [0.25, 0.3) is 5.91 Å². The maximum absolute atomic E-state index is 13.6. The Balaban J connectivity index is 1.92. The standard InChI is InChI=1S/C30H35FN2O3/c1-5-23(4)32-30(35)27(18-24-9-7-6-8-10-24)33(19-25-13-15-26(31)16-14-25)29(34)20-36-28-17-21(2)11-12-22(28)3/h6-17,23,27H,5,18-20H2,1-4H3,(H,32,35)/t23-,27+/m0/s1. The molecule has 0 bridgehead atoms. The summed E-state index contributed by atoms with van der Waals surface area (Å²) >= 11 is 0. The number of nitrogens with zero attached hydrogens (tertiary/aromatic N) is 1. The number of ether oxygens (including phenoxy) is 1. The Hall–Kier alpha value is -3.67. The smallest absolute Gasteiger partial charge is 0.261 e. The molecule has 0 unspecified atom stereocenters. The van der Waals surface area contributed by atoms with Gasteiger partial charge in [-0.15, -0.1) is 0 Å². The zero-order valence-corrected chi connectivity index (χ0v) is 21.5. The quantitative estimate of drug-likeness (QED) is 0.393. The average Bonchev–Trinajstić information content (AvgIpc) is 2.88. The van der Waals surface area contributed by atoms with Crippen molar-refractivity contribution in [3.05, 3.63) is 101 Å². The van der Waals surface area contributed by atoms with Crippen LogP contribution in [0.25, 0.3) is 0 Å². The van der Waals surface area contributed by atoms with Crippen LogP contribution in [0.1, 0.15) is 42.5 Å². The third-order valence-electron chi connectivity index (χ3n) is 6.23. The van der Waals surface area contributed by atoms with Gasteiger partial charge in [0, 0.05) is 19.0 Å². The summed E-state index contributed by atoms with van der Waals surface area (Å²) in [6.45, 7) is 7.76. The van der Waals surface area contributed by atoms with Crippen molar-refractivity contribution in [1.82, 2.24) is 10.2 Å². The minimum absolute atomic E-state index is 0.0373. The second-order valence-electron chi connectivity index (χ2n) is 9.23. The number of hydrogen-bond donors (Lipinski definition) is 1. The van der Waals surface area contributed by atoms with Crippen molar-refractivity contribution in [2.45, 2.75) is 59.2 Å². The summed E-state index contributed by atoms with van der Waals surface area (Å²) in [5.74, 6) is -0.269. The maximum atomic E-state index is 13.6. The number of hydrogen-bond acceptors (Lipinski definition) is 3. The zero-order valence-electron chi connectivity index (χ0n) is 21.5. The number of rotatable bonds is 11. The predicted octanol–water partition coefficient (Wildman–Crippen LogP) is 5.38. The van der Waals surface area contributed by atoms with E-state index in [-0.39, 0.29) is 36.8 Å². The molecule has 3 aromatic rings. The van der Waals surface area contributed by atoms with Crippen LogP contribution in [0.5, 0.6) is 5.75 Å². The lowest BCUT2D eigenvalue weighted by Crippen LogP contribution is -2.53. The zero-order chi connectivity index (χ0) is 26.1. The average molecular weight is 491 g/mol. The Morgan fingerprint density at radius 3 is 2.33 bits per heavy atom. The first-order valence-electron chi connectivity index (χ1n) is 12.3. The predicted molar refractivity (Wildman–Crippen MR) is 140 cm³/mol. The normalized spacial score (nSPS) is 12.5. The first-order chi connectivity index (χ1) is 17.3. The van der Waals surface area contributed by atoms with E-state index in [2.05, 4.69) is 5.32 Å². The summed E-state index contributed by atoms with van der Waals surface area (Å²) in [5, 5.41) is 3.04. The number of carbonyl (C=O) groups excluding carboxylic acids is 2. The van der Waals surface area contributed by atoms with Crippen molar-refractivity contribution >= 4 is 11.8 Å². The van der Waals surface area contributed by atoms with Crippen molar-refractivity contribution in [2.75, 3.05) is 6.61 Å². The number of benzene rings is 3. The molecule has 0 aliphatic heterocycles. The van der Waals surface area contributed by atoms with Crippen LogP contribution < -0.4 is 10.1 Å². The molecule has 0 aromatic heterocycles. The monoisotopic (exact) mass is 490 g/mol. The fourth-order valence-electron chi connectivity index (χ4n) is 3.87. The number of amides is 2. The summed E-state index contributed by atoms with van der Waals surface area (Å²) in [7, 11) is 0. The van der Waals surface area contributed by atoms with Crippen LogP contribution in [0, 0.1) is 19.7 Å². The summed E-state index contributed by atoms with van der Waals surface area (Å²) in [6, 6.07) is 20.6. The van der Waals surface area contributed by atoms with E-state index in [4.69, 9.17) is 4.74 Å². The number of carbonyl (C=O) groups is 2. The second-order valence-corrected chi connectivity index (χ2v) is 9.23. The number of aryl methyl sites for hydroxylation is 2. The molecule has 6 heteroatoms. The Kier molecular flexibility index (Phi) is 9.62. The summed E-state index contributed by atoms with van der Waals surface area (Å²) in [5.41, 5.74) is 3.62. The van der Waals surface area contributed by atoms with E-state index >= 15 is 0 Å². The van der Waals surface area contributed by atoms with E-state index in [1.54, 1.807) is 17.0 Å². The molecule has 5 nitrogen and oxygen atoms in total. The summed E-state index contributed by atoms with van der Waals surface area (Å²) in [6.07, 6.45) is 1.12. The van der Waals surface area contributed by atoms with Crippen molar-refractivity contribution in [1.29, 1.82) is 0 Å². The molecule has 0 spiro atoms. The van der Waals surface area contributed by atoms with Gasteiger partial charge in [-0.25, -0.2) is 4.39 Å². The first-order valence-corrected chi connectivity index (χ1v) is 12.3. The maximum Gasteiger partial charge on any atom is 0.261 e. The van der Waals surface area contributed by atoms with Gasteiger partial charge in [0.1, 0.15) is 17.6 Å². The number of halogens is 1. The van der Waals surface area contributed by atoms with E-state index in [0.717, 1.165) is 28.7 Å². The van der Waals surface area contributed by atoms with E-state index < -0.39 is 6.04 Å². The molecule has 2 atom stereocenters. The third-order valence-corrected chi connectivity index (χ3v) is 6.23. The highest BCUT2D eigenvalue weighted by molar-refractivity contribution is 5.88. The highest BCUT2D eigenvalue weighted by Crippen LogP contribution is 2.20. The van der Waals surface area contributed by atoms with Gasteiger partial charge < -0.3 is 15.0 Å². The van der Waals surface area contributed by atoms with Crippen LogP contribution in [-0.4, -0.2) is 35.4 Å². The van der Waals surface area contributed by atoms with E-state index in [9.17, 15) is 14.0 Å². The SMILES string of the molecule is CC[C@H](C)NC(=O)[C@@H](Cc1ccccc1)N(Cc1ccc(F)cc1)C(=O)COc1cc(C)ccc1C. The van der Waals surface area contributed by atoms with E-state index in [1.807, 2.05) is 76.2 Å². The van der Waals surface area contributed by atoms with Gasteiger partial charge in [-0.05, 0) is 67.6 Å². The van der Waals surface area contributed by atoms with Gasteiger partial charge in [-0.2, -0.15) is 0 Å². The fourth-order valence-corrected chi connectivity index (χ4v) is 3.87. The van der Waals surface area contributed by atoms with Crippen molar-refractivity contribution in [3.8, 4) is 5.75 Å². The van der Waals surface area contributed by atoms with E-state index in [0.29, 0.717) is 12.2 Å². The lowest BCUT2D eigenvalue weighted by Gasteiger charge is -2.32. The first kappa shape index (κ1) is 26.9. The molecule has 0 saturated heterocycles. The van der Waals surface area contributed by atoms with Crippen molar-refractivity contribution < 1.29 is 18.7 Å². The van der Waals surface area contributed by atoms with Gasteiger partial charge in [-0.1, -0.05) is 61.5 Å². The van der Waals surface area contributed by atoms with Gasteiger partial charge in [0.05, 0.1) is 0 Å². The Morgan fingerprint density at radius 2 is 1.67 bits per heavy atom. The summed E-state index contributed by atoms with van der Waals surface area (Å²) in [4.78, 5) is 28.6. The molecule has 3 aromatic carbocycles. The van der Waals surface area contributed by atoms with Crippen LogP contribution in [0.15, 0.2) is 72.8 Å². The van der Waals surface area contributed by atoms with E-state index in [1.165, 1.54) is 12.1 Å². The highest BCUT2D eigenvalue weighted by atomic mass is 19.1. The van der Waals surface area contributed by atoms with Crippen molar-refractivity contribution in [2.24, 2.45) is 0 Å². The molecule has 3 rings (SSSR count). The molecule has 190 valence electrons. The molecule has 0 fully saturated rings. The van der Waals surface area contributed by atoms with Crippen molar-refractivity contribution in [3.63, 3.8) is 0 Å². The van der Waals surface area contributed by atoms with Crippen LogP contribution in [0.3, 0.4) is 0 Å². The van der Waals surface area contributed by atoms with Gasteiger partial charge in [-0.3, -0.25) is 9.59 Å². The Bertz CT molecular complexity index is 1150. The third kappa shape index (κ3) is 7.67. The lowest BCUT2D eigenvalue weighted by atomic mass is 10.0. The van der Waals surface area contributed by atoms with Crippen LogP contribution >= 0.6 is 0 Å². The molecular formula is C30H35FN2O3. The fraction of sp³-hybridized carbons (Fsp3) is 0.333.